The first-order chi connectivity index (χ1) is 13.3. The minimum atomic E-state index is -3.60. The summed E-state index contributed by atoms with van der Waals surface area (Å²) in [6, 6.07) is 16.0. The van der Waals surface area contributed by atoms with Crippen molar-refractivity contribution in [1.82, 2.24) is 14.4 Å². The normalized spacial score (nSPS) is 11.6. The molecule has 4 rings (SSSR count). The molecule has 2 N–H and O–H groups in total. The highest BCUT2D eigenvalue weighted by Gasteiger charge is 2.20. The number of hydrogen-bond donors (Lipinski definition) is 1. The number of carbonyl (C=O) groups is 1. The monoisotopic (exact) mass is 392 g/mol. The quantitative estimate of drug-likeness (QED) is 0.574. The number of primary amides is 1. The fourth-order valence-electron chi connectivity index (χ4n) is 2.98. The predicted molar refractivity (Wildman–Crippen MR) is 105 cm³/mol. The van der Waals surface area contributed by atoms with E-state index in [0.717, 1.165) is 17.4 Å². The molecule has 0 spiro atoms. The minimum Gasteiger partial charge on any atom is -0.366 e. The van der Waals surface area contributed by atoms with Crippen LogP contribution < -0.4 is 5.73 Å². The van der Waals surface area contributed by atoms with E-state index < -0.39 is 15.7 Å². The van der Waals surface area contributed by atoms with E-state index in [0.29, 0.717) is 17.0 Å². The van der Waals surface area contributed by atoms with Crippen LogP contribution in [0.3, 0.4) is 0 Å². The van der Waals surface area contributed by atoms with Crippen LogP contribution in [0.25, 0.3) is 28.2 Å². The molecule has 2 aromatic heterocycles. The Kier molecular flexibility index (Phi) is 4.20. The van der Waals surface area contributed by atoms with Crippen molar-refractivity contribution in [2.75, 3.05) is 6.26 Å². The van der Waals surface area contributed by atoms with Gasteiger partial charge in [0.1, 0.15) is 0 Å². The lowest BCUT2D eigenvalue weighted by Crippen LogP contribution is -2.10. The summed E-state index contributed by atoms with van der Waals surface area (Å²) >= 11 is 0. The number of hydrogen-bond acceptors (Lipinski definition) is 5. The van der Waals surface area contributed by atoms with E-state index in [4.69, 9.17) is 5.73 Å². The van der Waals surface area contributed by atoms with E-state index in [9.17, 15) is 13.2 Å². The van der Waals surface area contributed by atoms with E-state index >= 15 is 0 Å². The summed E-state index contributed by atoms with van der Waals surface area (Å²) in [6.07, 6.45) is 4.45. The largest absolute Gasteiger partial charge is 0.366 e. The molecule has 0 aliphatic heterocycles. The Hall–Kier alpha value is -3.52. The molecule has 0 saturated heterocycles. The van der Waals surface area contributed by atoms with Gasteiger partial charge in [0, 0.05) is 29.1 Å². The first-order valence-corrected chi connectivity index (χ1v) is 10.3. The fraction of sp³-hybridized carbons (Fsp3) is 0.0500. The molecular weight excluding hydrogens is 376 g/mol. The van der Waals surface area contributed by atoms with Gasteiger partial charge in [0.15, 0.2) is 20.5 Å². The van der Waals surface area contributed by atoms with Gasteiger partial charge in [-0.15, -0.1) is 0 Å². The Bertz CT molecular complexity index is 1290. The van der Waals surface area contributed by atoms with Gasteiger partial charge in [0.05, 0.1) is 17.6 Å². The van der Waals surface area contributed by atoms with Gasteiger partial charge in [-0.25, -0.2) is 18.4 Å². The van der Waals surface area contributed by atoms with E-state index in [1.807, 2.05) is 30.3 Å². The summed E-state index contributed by atoms with van der Waals surface area (Å²) in [7, 11) is -3.60. The zero-order valence-electron chi connectivity index (χ0n) is 14.9. The molecule has 7 nitrogen and oxygen atoms in total. The maximum atomic E-state index is 12.3. The molecule has 0 bridgehead atoms. The summed E-state index contributed by atoms with van der Waals surface area (Å²) < 4.78 is 26.4. The lowest BCUT2D eigenvalue weighted by atomic mass is 10.1. The van der Waals surface area contributed by atoms with E-state index in [2.05, 4.69) is 9.97 Å². The van der Waals surface area contributed by atoms with Gasteiger partial charge >= 0.3 is 0 Å². The third kappa shape index (κ3) is 3.14. The van der Waals surface area contributed by atoms with Crippen molar-refractivity contribution in [2.45, 2.75) is 5.03 Å². The van der Waals surface area contributed by atoms with Crippen LogP contribution >= 0.6 is 0 Å². The summed E-state index contributed by atoms with van der Waals surface area (Å²) in [5, 5.41) is -0.0890. The number of rotatable bonds is 4. The van der Waals surface area contributed by atoms with Crippen LogP contribution in [-0.4, -0.2) is 34.9 Å². The Morgan fingerprint density at radius 1 is 1.00 bits per heavy atom. The summed E-state index contributed by atoms with van der Waals surface area (Å²) in [5.74, 6) is -0.514. The first-order valence-electron chi connectivity index (χ1n) is 8.38. The molecule has 0 aliphatic carbocycles. The van der Waals surface area contributed by atoms with Crippen LogP contribution in [-0.2, 0) is 9.84 Å². The van der Waals surface area contributed by atoms with E-state index in [1.165, 1.54) is 0 Å². The highest BCUT2D eigenvalue weighted by molar-refractivity contribution is 7.90. The molecule has 4 aromatic rings. The van der Waals surface area contributed by atoms with Crippen LogP contribution in [0.4, 0.5) is 0 Å². The van der Waals surface area contributed by atoms with Crippen molar-refractivity contribution >= 4 is 21.4 Å². The molecule has 0 aliphatic rings. The Morgan fingerprint density at radius 3 is 2.29 bits per heavy atom. The van der Waals surface area contributed by atoms with Crippen LogP contribution in [0.5, 0.6) is 0 Å². The molecule has 0 radical (unpaired) electrons. The van der Waals surface area contributed by atoms with E-state index in [1.54, 1.807) is 41.1 Å². The van der Waals surface area contributed by atoms with Crippen molar-refractivity contribution < 1.29 is 13.2 Å². The molecule has 1 amide bonds. The molecule has 140 valence electrons. The van der Waals surface area contributed by atoms with Crippen LogP contribution in [0.1, 0.15) is 10.4 Å². The maximum Gasteiger partial charge on any atom is 0.248 e. The summed E-state index contributed by atoms with van der Waals surface area (Å²) in [6.45, 7) is 0. The first kappa shape index (κ1) is 17.9. The molecule has 0 atom stereocenters. The van der Waals surface area contributed by atoms with Gasteiger partial charge in [-0.1, -0.05) is 42.5 Å². The van der Waals surface area contributed by atoms with Gasteiger partial charge in [0.2, 0.25) is 5.91 Å². The second-order valence-electron chi connectivity index (χ2n) is 6.35. The Morgan fingerprint density at radius 2 is 1.68 bits per heavy atom. The maximum absolute atomic E-state index is 12.3. The number of nitrogens with two attached hydrogens (primary N) is 1. The minimum absolute atomic E-state index is 0.0890. The molecule has 28 heavy (non-hydrogen) atoms. The number of imidazole rings is 1. The summed E-state index contributed by atoms with van der Waals surface area (Å²) in [4.78, 5) is 19.9. The van der Waals surface area contributed by atoms with Crippen molar-refractivity contribution in [3.8, 4) is 22.5 Å². The average Bonchev–Trinajstić information content (AvgIpc) is 3.11. The van der Waals surface area contributed by atoms with Crippen molar-refractivity contribution in [1.29, 1.82) is 0 Å². The molecule has 0 fully saturated rings. The molecule has 0 unspecified atom stereocenters. The predicted octanol–water partition coefficient (Wildman–Crippen LogP) is 2.57. The lowest BCUT2D eigenvalue weighted by Gasteiger charge is -2.09. The molecule has 0 saturated carbocycles. The molecule has 2 heterocycles. The van der Waals surface area contributed by atoms with Gasteiger partial charge in [-0.2, -0.15) is 0 Å². The second-order valence-corrected chi connectivity index (χ2v) is 8.28. The third-order valence-electron chi connectivity index (χ3n) is 4.35. The van der Waals surface area contributed by atoms with Gasteiger partial charge < -0.3 is 5.73 Å². The number of amides is 1. The highest BCUT2D eigenvalue weighted by Crippen LogP contribution is 2.27. The fourth-order valence-corrected chi connectivity index (χ4v) is 3.72. The lowest BCUT2D eigenvalue weighted by molar-refractivity contribution is 0.100. The highest BCUT2D eigenvalue weighted by atomic mass is 32.2. The van der Waals surface area contributed by atoms with E-state index in [-0.39, 0.29) is 10.7 Å². The number of sulfone groups is 1. The number of aromatic nitrogens is 3. The Balaban J connectivity index is 1.98. The van der Waals surface area contributed by atoms with Crippen LogP contribution in [0.15, 0.2) is 72.0 Å². The van der Waals surface area contributed by atoms with Gasteiger partial charge in [-0.05, 0) is 12.1 Å². The summed E-state index contributed by atoms with van der Waals surface area (Å²) in [5.41, 5.74) is 8.68. The molecule has 2 aromatic carbocycles. The van der Waals surface area contributed by atoms with Gasteiger partial charge in [0.25, 0.3) is 0 Å². The number of benzene rings is 2. The smallest absolute Gasteiger partial charge is 0.248 e. The standard InChI is InChI=1S/C20H16N4O3S/c1-28(26,27)20-19-22-11-17(14-7-9-15(10-8-14)18(21)25)24(19)12-16(23-20)13-5-3-2-4-6-13/h2-12H,1H3,(H2,21,25). The number of nitrogens with zero attached hydrogens (tertiary/aromatic N) is 3. The van der Waals surface area contributed by atoms with Crippen molar-refractivity contribution in [2.24, 2.45) is 5.73 Å². The molecule has 8 heteroatoms. The van der Waals surface area contributed by atoms with Crippen molar-refractivity contribution in [3.63, 3.8) is 0 Å². The second kappa shape index (κ2) is 6.58. The zero-order valence-corrected chi connectivity index (χ0v) is 15.7. The van der Waals surface area contributed by atoms with Crippen LogP contribution in [0.2, 0.25) is 0 Å². The van der Waals surface area contributed by atoms with Crippen molar-refractivity contribution in [3.05, 3.63) is 72.6 Å². The van der Waals surface area contributed by atoms with Gasteiger partial charge in [-0.3, -0.25) is 9.20 Å². The molecular formula is C20H16N4O3S. The topological polar surface area (TPSA) is 107 Å². The average molecular weight is 392 g/mol. The third-order valence-corrected chi connectivity index (χ3v) is 5.32. The number of carbonyl (C=O) groups excluding carboxylic acids is 1. The Labute approximate surface area is 161 Å². The number of fused-ring (bicyclic) bond motifs is 1. The SMILES string of the molecule is CS(=O)(=O)c1nc(-c2ccccc2)cn2c(-c3ccc(C(N)=O)cc3)cnc12. The zero-order chi connectivity index (χ0) is 19.9. The van der Waals surface area contributed by atoms with Crippen LogP contribution in [0, 0.1) is 0 Å².